The summed E-state index contributed by atoms with van der Waals surface area (Å²) in [6.07, 6.45) is 0.454. The Labute approximate surface area is 132 Å². The summed E-state index contributed by atoms with van der Waals surface area (Å²) >= 11 is 0. The summed E-state index contributed by atoms with van der Waals surface area (Å²) in [6, 6.07) is 9.79. The highest BCUT2D eigenvalue weighted by molar-refractivity contribution is 6.26. The van der Waals surface area contributed by atoms with Gasteiger partial charge >= 0.3 is 0 Å². The first kappa shape index (κ1) is 15.5. The van der Waals surface area contributed by atoms with Crippen molar-refractivity contribution < 1.29 is 18.4 Å². The van der Waals surface area contributed by atoms with Crippen LogP contribution in [0.4, 0.5) is 8.78 Å². The van der Waals surface area contributed by atoms with Gasteiger partial charge in [0.2, 0.25) is 0 Å². The van der Waals surface area contributed by atoms with Gasteiger partial charge in [0.25, 0.3) is 0 Å². The molecule has 3 rings (SSSR count). The third-order valence-electron chi connectivity index (χ3n) is 4.11. The molecular weight excluding hydrogens is 300 g/mol. The average molecular weight is 315 g/mol. The second-order valence-corrected chi connectivity index (χ2v) is 5.78. The van der Waals surface area contributed by atoms with Crippen LogP contribution in [-0.4, -0.2) is 17.6 Å². The SMILES string of the molecule is N[C@@H](Cc1ccc(F)c(F)c1)CC1C(=O)c2ccccc2C1=O. The van der Waals surface area contributed by atoms with Gasteiger partial charge < -0.3 is 5.73 Å². The Morgan fingerprint density at radius 1 is 0.957 bits per heavy atom. The Hall–Kier alpha value is -2.40. The highest BCUT2D eigenvalue weighted by Gasteiger charge is 2.38. The van der Waals surface area contributed by atoms with Crippen LogP contribution < -0.4 is 5.73 Å². The molecule has 2 aromatic rings. The van der Waals surface area contributed by atoms with Crippen LogP contribution in [0.25, 0.3) is 0 Å². The van der Waals surface area contributed by atoms with E-state index in [0.29, 0.717) is 16.7 Å². The summed E-state index contributed by atoms with van der Waals surface area (Å²) in [5.41, 5.74) is 7.41. The van der Waals surface area contributed by atoms with Gasteiger partial charge in [0.15, 0.2) is 23.2 Å². The molecule has 0 aromatic heterocycles. The van der Waals surface area contributed by atoms with Crippen molar-refractivity contribution in [2.45, 2.75) is 18.9 Å². The quantitative estimate of drug-likeness (QED) is 0.883. The van der Waals surface area contributed by atoms with Crippen molar-refractivity contribution in [3.05, 3.63) is 70.8 Å². The fourth-order valence-electron chi connectivity index (χ4n) is 2.98. The number of hydrogen-bond acceptors (Lipinski definition) is 3. The van der Waals surface area contributed by atoms with Crippen LogP contribution in [0.3, 0.4) is 0 Å². The number of ketones is 2. The third kappa shape index (κ3) is 2.92. The molecule has 0 saturated carbocycles. The van der Waals surface area contributed by atoms with E-state index < -0.39 is 23.6 Å². The molecule has 0 fully saturated rings. The molecule has 0 spiro atoms. The van der Waals surface area contributed by atoms with Crippen LogP contribution >= 0.6 is 0 Å². The lowest BCUT2D eigenvalue weighted by Crippen LogP contribution is -2.30. The molecule has 3 nitrogen and oxygen atoms in total. The van der Waals surface area contributed by atoms with Gasteiger partial charge in [-0.1, -0.05) is 30.3 Å². The van der Waals surface area contributed by atoms with Crippen LogP contribution in [0, 0.1) is 17.6 Å². The Balaban J connectivity index is 1.71. The van der Waals surface area contributed by atoms with Gasteiger partial charge in [-0.2, -0.15) is 0 Å². The van der Waals surface area contributed by atoms with E-state index in [2.05, 4.69) is 0 Å². The fourth-order valence-corrected chi connectivity index (χ4v) is 2.98. The first-order valence-corrected chi connectivity index (χ1v) is 7.34. The van der Waals surface area contributed by atoms with E-state index in [1.54, 1.807) is 24.3 Å². The first-order chi connectivity index (χ1) is 11.0. The van der Waals surface area contributed by atoms with Crippen molar-refractivity contribution in [3.8, 4) is 0 Å². The van der Waals surface area contributed by atoms with Gasteiger partial charge in [-0.25, -0.2) is 8.78 Å². The summed E-state index contributed by atoms with van der Waals surface area (Å²) in [5, 5.41) is 0. The summed E-state index contributed by atoms with van der Waals surface area (Å²) in [5.74, 6) is -3.07. The number of halogens is 2. The molecule has 0 aliphatic heterocycles. The van der Waals surface area contributed by atoms with Crippen molar-refractivity contribution in [3.63, 3.8) is 0 Å². The van der Waals surface area contributed by atoms with E-state index in [9.17, 15) is 18.4 Å². The zero-order valence-corrected chi connectivity index (χ0v) is 12.3. The lowest BCUT2D eigenvalue weighted by Gasteiger charge is -2.15. The minimum atomic E-state index is -0.935. The van der Waals surface area contributed by atoms with Gasteiger partial charge in [0.1, 0.15) is 0 Å². The molecule has 0 radical (unpaired) electrons. The predicted molar refractivity (Wildman–Crippen MR) is 81.2 cm³/mol. The predicted octanol–water partition coefficient (Wildman–Crippen LogP) is 2.92. The molecule has 2 N–H and O–H groups in total. The molecule has 0 amide bonds. The minimum Gasteiger partial charge on any atom is -0.327 e. The molecule has 118 valence electrons. The van der Waals surface area contributed by atoms with Crippen molar-refractivity contribution in [2.75, 3.05) is 0 Å². The van der Waals surface area contributed by atoms with Gasteiger partial charge in [0.05, 0.1) is 5.92 Å². The van der Waals surface area contributed by atoms with E-state index in [0.717, 1.165) is 12.1 Å². The van der Waals surface area contributed by atoms with Crippen molar-refractivity contribution in [1.82, 2.24) is 0 Å². The maximum atomic E-state index is 13.2. The molecular formula is C18H15F2NO2. The standard InChI is InChI=1S/C18H15F2NO2/c19-15-6-5-10(8-16(15)20)7-11(21)9-14-17(22)12-3-1-2-4-13(12)18(14)23/h1-6,8,11,14H,7,9,21H2/t11-/m0/s1. The fraction of sp³-hybridized carbons (Fsp3) is 0.222. The number of carbonyl (C=O) groups is 2. The molecule has 2 aromatic carbocycles. The normalized spacial score (nSPS) is 15.8. The van der Waals surface area contributed by atoms with Crippen LogP contribution in [0.2, 0.25) is 0 Å². The van der Waals surface area contributed by atoms with Gasteiger partial charge in [0, 0.05) is 17.2 Å². The van der Waals surface area contributed by atoms with Crippen LogP contribution in [0.15, 0.2) is 42.5 Å². The van der Waals surface area contributed by atoms with E-state index in [-0.39, 0.29) is 24.4 Å². The number of nitrogens with two attached hydrogens (primary N) is 1. The summed E-state index contributed by atoms with van der Waals surface area (Å²) < 4.78 is 26.1. The number of fused-ring (bicyclic) bond motifs is 1. The maximum absolute atomic E-state index is 13.2. The van der Waals surface area contributed by atoms with Crippen molar-refractivity contribution in [2.24, 2.45) is 11.7 Å². The molecule has 23 heavy (non-hydrogen) atoms. The number of Topliss-reactive ketones (excluding diaryl/α,β-unsaturated/α-hetero) is 2. The van der Waals surface area contributed by atoms with Crippen LogP contribution in [0.1, 0.15) is 32.7 Å². The Morgan fingerprint density at radius 3 is 2.13 bits per heavy atom. The Bertz CT molecular complexity index is 753. The number of rotatable bonds is 4. The average Bonchev–Trinajstić information content (AvgIpc) is 2.76. The summed E-state index contributed by atoms with van der Waals surface area (Å²) in [6.45, 7) is 0. The highest BCUT2D eigenvalue weighted by atomic mass is 19.2. The number of hydrogen-bond donors (Lipinski definition) is 1. The van der Waals surface area contributed by atoms with Gasteiger partial charge in [-0.15, -0.1) is 0 Å². The lowest BCUT2D eigenvalue weighted by atomic mass is 9.92. The van der Waals surface area contributed by atoms with E-state index in [1.807, 2.05) is 0 Å². The second kappa shape index (κ2) is 6.01. The van der Waals surface area contributed by atoms with E-state index in [4.69, 9.17) is 5.73 Å². The second-order valence-electron chi connectivity index (χ2n) is 5.78. The molecule has 5 heteroatoms. The van der Waals surface area contributed by atoms with Crippen molar-refractivity contribution in [1.29, 1.82) is 0 Å². The smallest absolute Gasteiger partial charge is 0.174 e. The third-order valence-corrected chi connectivity index (χ3v) is 4.11. The van der Waals surface area contributed by atoms with Gasteiger partial charge in [-0.3, -0.25) is 9.59 Å². The number of carbonyl (C=O) groups excluding carboxylic acids is 2. The Kier molecular flexibility index (Phi) is 4.05. The molecule has 1 aliphatic rings. The summed E-state index contributed by atoms with van der Waals surface area (Å²) in [7, 11) is 0. The van der Waals surface area contributed by atoms with E-state index in [1.165, 1.54) is 6.07 Å². The molecule has 1 atom stereocenters. The molecule has 1 aliphatic carbocycles. The topological polar surface area (TPSA) is 60.2 Å². The van der Waals surface area contributed by atoms with Crippen molar-refractivity contribution >= 4 is 11.6 Å². The maximum Gasteiger partial charge on any atom is 0.174 e. The Morgan fingerprint density at radius 2 is 1.57 bits per heavy atom. The highest BCUT2D eigenvalue weighted by Crippen LogP contribution is 2.29. The van der Waals surface area contributed by atoms with Crippen LogP contribution in [0.5, 0.6) is 0 Å². The monoisotopic (exact) mass is 315 g/mol. The minimum absolute atomic E-state index is 0.186. The zero-order valence-electron chi connectivity index (χ0n) is 12.3. The molecule has 0 unspecified atom stereocenters. The first-order valence-electron chi connectivity index (χ1n) is 7.34. The molecule has 0 bridgehead atoms. The molecule has 0 heterocycles. The number of benzene rings is 2. The molecule has 0 saturated heterocycles. The largest absolute Gasteiger partial charge is 0.327 e. The van der Waals surface area contributed by atoms with Crippen LogP contribution in [-0.2, 0) is 6.42 Å². The van der Waals surface area contributed by atoms with Gasteiger partial charge in [-0.05, 0) is 30.5 Å². The summed E-state index contributed by atoms with van der Waals surface area (Å²) in [4.78, 5) is 24.6. The lowest BCUT2D eigenvalue weighted by molar-refractivity contribution is 0.0824. The zero-order chi connectivity index (χ0) is 16.6. The van der Waals surface area contributed by atoms with E-state index >= 15 is 0 Å².